The second kappa shape index (κ2) is 12.2. The first-order chi connectivity index (χ1) is 12.2. The smallest absolute Gasteiger partial charge is 0.191 e. The molecule has 1 aromatic heterocycles. The van der Waals surface area contributed by atoms with Crippen LogP contribution >= 0.6 is 47.2 Å². The van der Waals surface area contributed by atoms with E-state index in [0.29, 0.717) is 41.5 Å². The van der Waals surface area contributed by atoms with Crippen LogP contribution < -0.4 is 15.4 Å². The Hall–Kier alpha value is -1.26. The van der Waals surface area contributed by atoms with Gasteiger partial charge >= 0.3 is 0 Å². The van der Waals surface area contributed by atoms with E-state index in [1.807, 2.05) is 4.57 Å². The van der Waals surface area contributed by atoms with Crippen molar-refractivity contribution in [2.24, 2.45) is 4.99 Å². The zero-order chi connectivity index (χ0) is 18.1. The summed E-state index contributed by atoms with van der Waals surface area (Å²) < 4.78 is 7.64. The Bertz CT molecular complexity index is 710. The highest BCUT2D eigenvalue weighted by Gasteiger charge is 2.05. The van der Waals surface area contributed by atoms with Gasteiger partial charge in [0, 0.05) is 26.6 Å². The molecule has 0 radical (unpaired) electrons. The summed E-state index contributed by atoms with van der Waals surface area (Å²) in [7, 11) is 1.72. The van der Waals surface area contributed by atoms with Gasteiger partial charge in [0.2, 0.25) is 0 Å². The maximum atomic E-state index is 6.08. The van der Waals surface area contributed by atoms with E-state index < -0.39 is 0 Å². The average molecular weight is 513 g/mol. The lowest BCUT2D eigenvalue weighted by molar-refractivity contribution is 0.322. The Morgan fingerprint density at radius 3 is 2.77 bits per heavy atom. The molecule has 0 bridgehead atoms. The van der Waals surface area contributed by atoms with Gasteiger partial charge in [-0.15, -0.1) is 34.2 Å². The Morgan fingerprint density at radius 2 is 2.04 bits per heavy atom. The van der Waals surface area contributed by atoms with E-state index in [4.69, 9.17) is 27.9 Å². The summed E-state index contributed by atoms with van der Waals surface area (Å²) in [4.78, 5) is 4.18. The van der Waals surface area contributed by atoms with Crippen molar-refractivity contribution in [3.05, 3.63) is 40.4 Å². The zero-order valence-electron chi connectivity index (χ0n) is 14.7. The minimum Gasteiger partial charge on any atom is -0.490 e. The Labute approximate surface area is 180 Å². The monoisotopic (exact) mass is 512 g/mol. The van der Waals surface area contributed by atoms with Gasteiger partial charge in [-0.05, 0) is 12.1 Å². The van der Waals surface area contributed by atoms with Crippen LogP contribution in [0.2, 0.25) is 10.0 Å². The summed E-state index contributed by atoms with van der Waals surface area (Å²) >= 11 is 12.0. The van der Waals surface area contributed by atoms with Gasteiger partial charge in [0.1, 0.15) is 29.5 Å². The lowest BCUT2D eigenvalue weighted by Crippen LogP contribution is -2.40. The van der Waals surface area contributed by atoms with E-state index in [0.717, 1.165) is 18.8 Å². The van der Waals surface area contributed by atoms with E-state index in [9.17, 15) is 0 Å². The number of ether oxygens (including phenoxy) is 1. The fourth-order valence-corrected chi connectivity index (χ4v) is 2.53. The third-order valence-corrected chi connectivity index (χ3v) is 4.25. The largest absolute Gasteiger partial charge is 0.490 e. The van der Waals surface area contributed by atoms with E-state index in [1.54, 1.807) is 31.6 Å². The first-order valence-corrected chi connectivity index (χ1v) is 8.79. The molecule has 1 heterocycles. The van der Waals surface area contributed by atoms with Crippen LogP contribution in [0.4, 0.5) is 0 Å². The molecule has 144 valence electrons. The quantitative estimate of drug-likeness (QED) is 0.246. The van der Waals surface area contributed by atoms with Gasteiger partial charge in [0.15, 0.2) is 5.96 Å². The molecule has 0 amide bonds. The van der Waals surface area contributed by atoms with Crippen LogP contribution in [0.15, 0.2) is 29.5 Å². The van der Waals surface area contributed by atoms with Crippen molar-refractivity contribution >= 4 is 53.1 Å². The van der Waals surface area contributed by atoms with Crippen LogP contribution in [-0.4, -0.2) is 47.5 Å². The number of halogens is 3. The molecule has 1 aromatic carbocycles. The van der Waals surface area contributed by atoms with Crippen LogP contribution in [0.5, 0.6) is 5.75 Å². The van der Waals surface area contributed by atoms with Crippen molar-refractivity contribution in [1.29, 1.82) is 0 Å². The number of hydrogen-bond acceptors (Lipinski definition) is 4. The molecule has 0 unspecified atom stereocenters. The zero-order valence-corrected chi connectivity index (χ0v) is 18.5. The molecule has 2 N–H and O–H groups in total. The molecular formula is C16H23Cl2IN6O. The molecule has 0 atom stereocenters. The molecule has 7 nitrogen and oxygen atoms in total. The van der Waals surface area contributed by atoms with Gasteiger partial charge in [-0.25, -0.2) is 0 Å². The molecule has 0 aliphatic rings. The molecule has 0 saturated heterocycles. The van der Waals surface area contributed by atoms with Crippen molar-refractivity contribution in [3.8, 4) is 5.75 Å². The number of aliphatic imine (C=N–C) groups is 1. The number of hydrogen-bond donors (Lipinski definition) is 2. The summed E-state index contributed by atoms with van der Waals surface area (Å²) in [6.45, 7) is 4.55. The summed E-state index contributed by atoms with van der Waals surface area (Å²) in [5, 5.41) is 15.3. The van der Waals surface area contributed by atoms with Gasteiger partial charge < -0.3 is 19.9 Å². The van der Waals surface area contributed by atoms with Crippen LogP contribution in [0.25, 0.3) is 0 Å². The minimum atomic E-state index is 0. The first kappa shape index (κ1) is 22.8. The summed E-state index contributed by atoms with van der Waals surface area (Å²) in [5.74, 6) is 2.24. The lowest BCUT2D eigenvalue weighted by Gasteiger charge is -2.13. The van der Waals surface area contributed by atoms with Gasteiger partial charge in [-0.2, -0.15) is 0 Å². The molecule has 26 heavy (non-hydrogen) atoms. The second-order valence-electron chi connectivity index (χ2n) is 5.12. The van der Waals surface area contributed by atoms with Gasteiger partial charge in [-0.3, -0.25) is 4.99 Å². The molecular weight excluding hydrogens is 490 g/mol. The van der Waals surface area contributed by atoms with E-state index in [1.165, 1.54) is 0 Å². The fraction of sp³-hybridized carbons (Fsp3) is 0.438. The predicted octanol–water partition coefficient (Wildman–Crippen LogP) is 3.01. The molecule has 10 heteroatoms. The number of benzene rings is 1. The van der Waals surface area contributed by atoms with Crippen LogP contribution in [0.1, 0.15) is 12.7 Å². The SMILES string of the molecule is CCc1nncn1CCNC(=NC)NCCOc1cccc(Cl)c1Cl.I. The molecule has 0 spiro atoms. The highest BCUT2D eigenvalue weighted by Crippen LogP contribution is 2.31. The van der Waals surface area contributed by atoms with Crippen molar-refractivity contribution < 1.29 is 4.74 Å². The average Bonchev–Trinajstić information content (AvgIpc) is 3.08. The van der Waals surface area contributed by atoms with E-state index >= 15 is 0 Å². The van der Waals surface area contributed by atoms with Crippen molar-refractivity contribution in [2.45, 2.75) is 19.9 Å². The lowest BCUT2D eigenvalue weighted by atomic mass is 10.3. The van der Waals surface area contributed by atoms with E-state index in [2.05, 4.69) is 32.7 Å². The normalized spacial score (nSPS) is 11.0. The highest BCUT2D eigenvalue weighted by atomic mass is 127. The summed E-state index contributed by atoms with van der Waals surface area (Å²) in [6, 6.07) is 5.30. The highest BCUT2D eigenvalue weighted by molar-refractivity contribution is 14.0. The molecule has 2 rings (SSSR count). The minimum absolute atomic E-state index is 0. The van der Waals surface area contributed by atoms with Crippen molar-refractivity contribution in [2.75, 3.05) is 26.7 Å². The molecule has 2 aromatic rings. The molecule has 0 aliphatic heterocycles. The third kappa shape index (κ3) is 6.81. The standard InChI is InChI=1S/C16H22Cl2N6O.HI/c1-3-14-23-22-11-24(14)9-7-20-16(19-2)21-8-10-25-13-6-4-5-12(17)15(13)18;/h4-6,11H,3,7-10H2,1-2H3,(H2,19,20,21);1H. The van der Waals surface area contributed by atoms with Gasteiger partial charge in [0.25, 0.3) is 0 Å². The topological polar surface area (TPSA) is 76.4 Å². The number of aromatic nitrogens is 3. The predicted molar refractivity (Wildman–Crippen MR) is 116 cm³/mol. The van der Waals surface area contributed by atoms with Crippen LogP contribution in [0.3, 0.4) is 0 Å². The molecule has 0 fully saturated rings. The van der Waals surface area contributed by atoms with Gasteiger partial charge in [-0.1, -0.05) is 36.2 Å². The summed E-state index contributed by atoms with van der Waals surface area (Å²) in [5.41, 5.74) is 0. The number of rotatable bonds is 8. The van der Waals surface area contributed by atoms with Crippen LogP contribution in [0, 0.1) is 0 Å². The Balaban J connectivity index is 0.00000338. The number of nitrogens with zero attached hydrogens (tertiary/aromatic N) is 4. The van der Waals surface area contributed by atoms with E-state index in [-0.39, 0.29) is 24.0 Å². The van der Waals surface area contributed by atoms with Crippen molar-refractivity contribution in [1.82, 2.24) is 25.4 Å². The Kier molecular flexibility index (Phi) is 10.7. The number of nitrogens with one attached hydrogen (secondary N) is 2. The number of guanidine groups is 1. The second-order valence-corrected chi connectivity index (χ2v) is 5.91. The third-order valence-electron chi connectivity index (χ3n) is 3.45. The van der Waals surface area contributed by atoms with Crippen LogP contribution in [-0.2, 0) is 13.0 Å². The summed E-state index contributed by atoms with van der Waals surface area (Å²) in [6.07, 6.45) is 2.59. The van der Waals surface area contributed by atoms with Gasteiger partial charge in [0.05, 0.1) is 11.6 Å². The fourth-order valence-electron chi connectivity index (χ4n) is 2.18. The maximum absolute atomic E-state index is 6.08. The maximum Gasteiger partial charge on any atom is 0.191 e. The Morgan fingerprint density at radius 1 is 1.27 bits per heavy atom. The molecule has 0 saturated carbocycles. The van der Waals surface area contributed by atoms with Crippen molar-refractivity contribution in [3.63, 3.8) is 0 Å². The number of aryl methyl sites for hydroxylation is 1. The first-order valence-electron chi connectivity index (χ1n) is 8.03. The molecule has 0 aliphatic carbocycles.